The zero-order chi connectivity index (χ0) is 11.4. The van der Waals surface area contributed by atoms with Crippen molar-refractivity contribution in [3.05, 3.63) is 42.2 Å². The summed E-state index contributed by atoms with van der Waals surface area (Å²) in [7, 11) is 2.04. The molecule has 0 aliphatic heterocycles. The maximum absolute atomic E-state index is 4.28. The Hall–Kier alpha value is -1.55. The highest BCUT2D eigenvalue weighted by molar-refractivity contribution is 5.10. The Balaban J connectivity index is 1.93. The minimum absolute atomic E-state index is 0.301. The van der Waals surface area contributed by atoms with Crippen LogP contribution in [-0.2, 0) is 13.6 Å². The van der Waals surface area contributed by atoms with Gasteiger partial charge in [0, 0.05) is 38.4 Å². The Bertz CT molecular complexity index is 416. The monoisotopic (exact) mass is 218 g/mol. The first-order valence-electron chi connectivity index (χ1n) is 5.63. The average Bonchev–Trinajstić information content (AvgIpc) is 2.91. The van der Waals surface area contributed by atoms with Crippen LogP contribution in [0.4, 0.5) is 0 Å². The normalized spacial score (nSPS) is 12.9. The second kappa shape index (κ2) is 4.99. The molecule has 0 bridgehead atoms. The number of nitrogens with one attached hydrogen (secondary N) is 2. The molecule has 4 heteroatoms. The number of aryl methyl sites for hydroxylation is 1. The molecule has 1 unspecified atom stereocenters. The van der Waals surface area contributed by atoms with Gasteiger partial charge in [0.25, 0.3) is 0 Å². The van der Waals surface area contributed by atoms with Crippen molar-refractivity contribution < 1.29 is 0 Å². The van der Waals surface area contributed by atoms with Crippen LogP contribution in [0.3, 0.4) is 0 Å². The van der Waals surface area contributed by atoms with Crippen molar-refractivity contribution in [1.29, 1.82) is 0 Å². The predicted octanol–water partition coefficient (Wildman–Crippen LogP) is 1.99. The van der Waals surface area contributed by atoms with Crippen LogP contribution in [0, 0.1) is 0 Å². The molecule has 0 aliphatic carbocycles. The van der Waals surface area contributed by atoms with Crippen molar-refractivity contribution in [1.82, 2.24) is 19.9 Å². The Morgan fingerprint density at radius 2 is 2.44 bits per heavy atom. The first-order valence-corrected chi connectivity index (χ1v) is 5.63. The van der Waals surface area contributed by atoms with Crippen LogP contribution >= 0.6 is 0 Å². The molecule has 2 aromatic heterocycles. The summed E-state index contributed by atoms with van der Waals surface area (Å²) < 4.78 is 2.06. The molecule has 2 aromatic rings. The molecule has 0 fully saturated rings. The number of H-pyrrole nitrogens is 1. The molecular formula is C12H18N4. The van der Waals surface area contributed by atoms with Crippen LogP contribution in [0.15, 0.2) is 30.9 Å². The summed E-state index contributed by atoms with van der Waals surface area (Å²) in [6.07, 6.45) is 8.87. The third-order valence-electron chi connectivity index (χ3n) is 2.70. The van der Waals surface area contributed by atoms with Crippen LogP contribution in [0.2, 0.25) is 0 Å². The van der Waals surface area contributed by atoms with Gasteiger partial charge in [-0.05, 0) is 18.1 Å². The number of nitrogens with zero attached hydrogens (tertiary/aromatic N) is 2. The van der Waals surface area contributed by atoms with Crippen LogP contribution in [-0.4, -0.2) is 14.5 Å². The van der Waals surface area contributed by atoms with Gasteiger partial charge in [-0.3, -0.25) is 0 Å². The number of hydrogen-bond donors (Lipinski definition) is 2. The highest BCUT2D eigenvalue weighted by Gasteiger charge is 2.10. The lowest BCUT2D eigenvalue weighted by Crippen LogP contribution is -2.21. The van der Waals surface area contributed by atoms with Gasteiger partial charge in [0.1, 0.15) is 5.82 Å². The van der Waals surface area contributed by atoms with Crippen LogP contribution in [0.25, 0.3) is 0 Å². The summed E-state index contributed by atoms with van der Waals surface area (Å²) in [6, 6.07) is 2.43. The number of aromatic nitrogens is 3. The molecule has 0 amide bonds. The first-order chi connectivity index (χ1) is 7.79. The second-order valence-corrected chi connectivity index (χ2v) is 4.00. The van der Waals surface area contributed by atoms with E-state index < -0.39 is 0 Å². The third-order valence-corrected chi connectivity index (χ3v) is 2.70. The molecule has 1 atom stereocenters. The molecule has 0 saturated heterocycles. The van der Waals surface area contributed by atoms with E-state index in [1.807, 2.05) is 13.2 Å². The molecule has 86 valence electrons. The van der Waals surface area contributed by atoms with Crippen molar-refractivity contribution >= 4 is 0 Å². The molecule has 2 rings (SSSR count). The summed E-state index contributed by atoms with van der Waals surface area (Å²) in [5.74, 6) is 1.01. The lowest BCUT2D eigenvalue weighted by atomic mass is 10.2. The smallest absolute Gasteiger partial charge is 0.123 e. The standard InChI is InChI=1S/C12H18N4/c1-3-11(12-13-5-6-14-12)15-8-10-4-7-16(2)9-10/h4-7,9,11,15H,3,8H2,1-2H3,(H,13,14). The Kier molecular flexibility index (Phi) is 3.41. The molecule has 4 nitrogen and oxygen atoms in total. The summed E-state index contributed by atoms with van der Waals surface area (Å²) in [5.41, 5.74) is 1.30. The van der Waals surface area contributed by atoms with E-state index in [4.69, 9.17) is 0 Å². The van der Waals surface area contributed by atoms with Crippen LogP contribution < -0.4 is 5.32 Å². The van der Waals surface area contributed by atoms with Crippen molar-refractivity contribution in [3.8, 4) is 0 Å². The minimum atomic E-state index is 0.301. The highest BCUT2D eigenvalue weighted by Crippen LogP contribution is 2.12. The highest BCUT2D eigenvalue weighted by atomic mass is 15.0. The third kappa shape index (κ3) is 2.52. The Labute approximate surface area is 95.7 Å². The molecule has 2 N–H and O–H groups in total. The van der Waals surface area contributed by atoms with Gasteiger partial charge in [0.05, 0.1) is 6.04 Å². The van der Waals surface area contributed by atoms with Gasteiger partial charge in [-0.1, -0.05) is 6.92 Å². The lowest BCUT2D eigenvalue weighted by Gasteiger charge is -2.13. The Morgan fingerprint density at radius 3 is 3.00 bits per heavy atom. The molecule has 2 heterocycles. The summed E-state index contributed by atoms with van der Waals surface area (Å²) in [6.45, 7) is 3.03. The minimum Gasteiger partial charge on any atom is -0.357 e. The summed E-state index contributed by atoms with van der Waals surface area (Å²) >= 11 is 0. The molecule has 0 spiro atoms. The zero-order valence-electron chi connectivity index (χ0n) is 9.77. The molecule has 0 radical (unpaired) electrons. The van der Waals surface area contributed by atoms with Crippen LogP contribution in [0.1, 0.15) is 30.8 Å². The zero-order valence-corrected chi connectivity index (χ0v) is 9.77. The summed E-state index contributed by atoms with van der Waals surface area (Å²) in [5, 5.41) is 3.49. The number of aromatic amines is 1. The van der Waals surface area contributed by atoms with E-state index in [1.165, 1.54) is 5.56 Å². The van der Waals surface area contributed by atoms with E-state index in [-0.39, 0.29) is 0 Å². The van der Waals surface area contributed by atoms with Crippen LogP contribution in [0.5, 0.6) is 0 Å². The van der Waals surface area contributed by atoms with Gasteiger partial charge in [-0.15, -0.1) is 0 Å². The fourth-order valence-electron chi connectivity index (χ4n) is 1.81. The quantitative estimate of drug-likeness (QED) is 0.806. The van der Waals surface area contributed by atoms with E-state index >= 15 is 0 Å². The molecule has 0 aliphatic rings. The topological polar surface area (TPSA) is 45.6 Å². The van der Waals surface area contributed by atoms with Crippen molar-refractivity contribution in [3.63, 3.8) is 0 Å². The van der Waals surface area contributed by atoms with Crippen molar-refractivity contribution in [2.45, 2.75) is 25.9 Å². The van der Waals surface area contributed by atoms with Crippen molar-refractivity contribution in [2.24, 2.45) is 7.05 Å². The SMILES string of the molecule is CCC(NCc1ccn(C)c1)c1ncc[nH]1. The number of hydrogen-bond acceptors (Lipinski definition) is 2. The molecule has 16 heavy (non-hydrogen) atoms. The fourth-order valence-corrected chi connectivity index (χ4v) is 1.81. The largest absolute Gasteiger partial charge is 0.357 e. The second-order valence-electron chi connectivity index (χ2n) is 4.00. The Morgan fingerprint density at radius 1 is 1.56 bits per heavy atom. The number of rotatable bonds is 5. The molecular weight excluding hydrogens is 200 g/mol. The van der Waals surface area contributed by atoms with E-state index in [0.29, 0.717) is 6.04 Å². The maximum atomic E-state index is 4.28. The van der Waals surface area contributed by atoms with Gasteiger partial charge in [0.15, 0.2) is 0 Å². The lowest BCUT2D eigenvalue weighted by molar-refractivity contribution is 0.497. The van der Waals surface area contributed by atoms with Gasteiger partial charge in [-0.2, -0.15) is 0 Å². The van der Waals surface area contributed by atoms with Gasteiger partial charge < -0.3 is 14.9 Å². The van der Waals surface area contributed by atoms with E-state index in [9.17, 15) is 0 Å². The van der Waals surface area contributed by atoms with E-state index in [1.54, 1.807) is 6.20 Å². The first kappa shape index (κ1) is 11.0. The molecule has 0 saturated carbocycles. The van der Waals surface area contributed by atoms with Gasteiger partial charge in [0.2, 0.25) is 0 Å². The number of imidazole rings is 1. The maximum Gasteiger partial charge on any atom is 0.123 e. The van der Waals surface area contributed by atoms with Gasteiger partial charge >= 0.3 is 0 Å². The molecule has 0 aromatic carbocycles. The van der Waals surface area contributed by atoms with E-state index in [2.05, 4.69) is 45.2 Å². The fraction of sp³-hybridized carbons (Fsp3) is 0.417. The van der Waals surface area contributed by atoms with Crippen molar-refractivity contribution in [2.75, 3.05) is 0 Å². The van der Waals surface area contributed by atoms with Gasteiger partial charge in [-0.25, -0.2) is 4.98 Å². The average molecular weight is 218 g/mol. The summed E-state index contributed by atoms with van der Waals surface area (Å²) in [4.78, 5) is 7.43. The predicted molar refractivity (Wildman–Crippen MR) is 63.9 cm³/mol. The van der Waals surface area contributed by atoms with E-state index in [0.717, 1.165) is 18.8 Å².